The summed E-state index contributed by atoms with van der Waals surface area (Å²) in [5, 5.41) is 18.2. The molecule has 0 saturated heterocycles. The predicted octanol–water partition coefficient (Wildman–Crippen LogP) is 2.31. The van der Waals surface area contributed by atoms with Crippen molar-refractivity contribution in [2.45, 2.75) is 20.1 Å². The van der Waals surface area contributed by atoms with E-state index in [0.29, 0.717) is 24.6 Å². The van der Waals surface area contributed by atoms with Gasteiger partial charge in [0.1, 0.15) is 6.67 Å². The van der Waals surface area contributed by atoms with E-state index in [-0.39, 0.29) is 11.4 Å². The molecule has 4 rings (SSSR count). The van der Waals surface area contributed by atoms with Gasteiger partial charge in [-0.3, -0.25) is 23.6 Å². The zero-order valence-electron chi connectivity index (χ0n) is 16.3. The molecule has 0 unspecified atom stereocenters. The highest BCUT2D eigenvalue weighted by molar-refractivity contribution is 6.10. The summed E-state index contributed by atoms with van der Waals surface area (Å²) in [6.07, 6.45) is 6.79. The summed E-state index contributed by atoms with van der Waals surface area (Å²) in [6.45, 7) is 2.84. The first-order valence-corrected chi connectivity index (χ1v) is 9.38. The molecule has 30 heavy (non-hydrogen) atoms. The summed E-state index contributed by atoms with van der Waals surface area (Å²) in [4.78, 5) is 25.4. The second-order valence-corrected chi connectivity index (χ2v) is 6.45. The highest BCUT2D eigenvalue weighted by Gasteiger charge is 2.20. The van der Waals surface area contributed by atoms with Crippen LogP contribution in [0.5, 0.6) is 0 Å². The number of carbonyl (C=O) groups is 2. The van der Waals surface area contributed by atoms with Crippen LogP contribution in [-0.2, 0) is 13.2 Å². The molecular weight excluding hydrogens is 384 g/mol. The number of amides is 2. The van der Waals surface area contributed by atoms with E-state index in [2.05, 4.69) is 25.9 Å². The fourth-order valence-electron chi connectivity index (χ4n) is 2.83. The van der Waals surface area contributed by atoms with Gasteiger partial charge in [0.15, 0.2) is 11.4 Å². The Kier molecular flexibility index (Phi) is 5.37. The second kappa shape index (κ2) is 8.43. The van der Waals surface area contributed by atoms with Gasteiger partial charge in [0.2, 0.25) is 0 Å². The van der Waals surface area contributed by atoms with Gasteiger partial charge in [-0.25, -0.2) is 0 Å². The Balaban J connectivity index is 1.50. The number of aryl methyl sites for hydroxylation is 1. The second-order valence-electron chi connectivity index (χ2n) is 6.45. The largest absolute Gasteiger partial charge is 0.321 e. The molecule has 3 aromatic heterocycles. The van der Waals surface area contributed by atoms with E-state index in [1.54, 1.807) is 57.0 Å². The molecule has 0 aliphatic heterocycles. The van der Waals surface area contributed by atoms with Crippen molar-refractivity contribution in [2.75, 3.05) is 10.6 Å². The minimum atomic E-state index is -0.432. The summed E-state index contributed by atoms with van der Waals surface area (Å²) in [6, 6.07) is 12.5. The standard InChI is InChI=1S/C20H20N8O2/c1-2-26-13-17(18(25-26)20(30)22-15-7-4-3-5-8-15)23-19(29)16-9-12-28(24-16)14-27-11-6-10-21-27/h3-13H,2,14H2,1H3,(H,22,30)(H,23,29). The van der Waals surface area contributed by atoms with E-state index in [4.69, 9.17) is 0 Å². The average molecular weight is 404 g/mol. The average Bonchev–Trinajstić information content (AvgIpc) is 3.50. The lowest BCUT2D eigenvalue weighted by molar-refractivity contribution is 0.102. The first-order chi connectivity index (χ1) is 14.6. The van der Waals surface area contributed by atoms with Crippen molar-refractivity contribution in [1.29, 1.82) is 0 Å². The highest BCUT2D eigenvalue weighted by Crippen LogP contribution is 2.17. The fraction of sp³-hybridized carbons (Fsp3) is 0.150. The van der Waals surface area contributed by atoms with E-state index < -0.39 is 11.8 Å². The Morgan fingerprint density at radius 1 is 0.900 bits per heavy atom. The molecule has 2 amide bonds. The summed E-state index contributed by atoms with van der Waals surface area (Å²) in [5.74, 6) is -0.841. The Hall–Kier alpha value is -4.21. The maximum Gasteiger partial charge on any atom is 0.278 e. The highest BCUT2D eigenvalue weighted by atomic mass is 16.2. The maximum absolute atomic E-state index is 12.7. The van der Waals surface area contributed by atoms with E-state index >= 15 is 0 Å². The molecule has 152 valence electrons. The first kappa shape index (κ1) is 19.1. The molecule has 0 saturated carbocycles. The van der Waals surface area contributed by atoms with Crippen LogP contribution in [0.1, 0.15) is 27.9 Å². The van der Waals surface area contributed by atoms with Gasteiger partial charge >= 0.3 is 0 Å². The lowest BCUT2D eigenvalue weighted by atomic mass is 10.3. The molecule has 10 nitrogen and oxygen atoms in total. The van der Waals surface area contributed by atoms with Gasteiger partial charge < -0.3 is 10.6 Å². The topological polar surface area (TPSA) is 112 Å². The van der Waals surface area contributed by atoms with Crippen LogP contribution in [0.15, 0.2) is 67.3 Å². The molecule has 0 bridgehead atoms. The molecule has 4 aromatic rings. The van der Waals surface area contributed by atoms with Crippen molar-refractivity contribution in [2.24, 2.45) is 0 Å². The minimum absolute atomic E-state index is 0.130. The molecule has 2 N–H and O–H groups in total. The molecule has 0 fully saturated rings. The van der Waals surface area contributed by atoms with Gasteiger partial charge in [-0.05, 0) is 31.2 Å². The number of anilines is 2. The van der Waals surface area contributed by atoms with Crippen molar-refractivity contribution < 1.29 is 9.59 Å². The van der Waals surface area contributed by atoms with Crippen LogP contribution in [0.3, 0.4) is 0 Å². The van der Waals surface area contributed by atoms with Crippen molar-refractivity contribution in [3.05, 3.63) is 78.6 Å². The quantitative estimate of drug-likeness (QED) is 0.491. The molecule has 0 atom stereocenters. The number of benzene rings is 1. The molecule has 0 aliphatic rings. The molecular formula is C20H20N8O2. The van der Waals surface area contributed by atoms with Crippen LogP contribution in [0.2, 0.25) is 0 Å². The van der Waals surface area contributed by atoms with Gasteiger partial charge in [-0.2, -0.15) is 15.3 Å². The van der Waals surface area contributed by atoms with E-state index in [0.717, 1.165) is 0 Å². The van der Waals surface area contributed by atoms with Crippen LogP contribution in [0.4, 0.5) is 11.4 Å². The van der Waals surface area contributed by atoms with E-state index in [1.165, 1.54) is 0 Å². The van der Waals surface area contributed by atoms with Crippen molar-refractivity contribution >= 4 is 23.2 Å². The van der Waals surface area contributed by atoms with Gasteiger partial charge in [-0.15, -0.1) is 0 Å². The third kappa shape index (κ3) is 4.27. The third-order valence-electron chi connectivity index (χ3n) is 4.30. The summed E-state index contributed by atoms with van der Waals surface area (Å²) in [5.41, 5.74) is 1.31. The van der Waals surface area contributed by atoms with Gasteiger partial charge in [0.25, 0.3) is 11.8 Å². The molecule has 0 aliphatic carbocycles. The number of rotatable bonds is 7. The lowest BCUT2D eigenvalue weighted by Gasteiger charge is -2.06. The number of carbonyl (C=O) groups excluding carboxylic acids is 2. The number of nitrogens with one attached hydrogen (secondary N) is 2. The number of para-hydroxylation sites is 1. The Morgan fingerprint density at radius 3 is 2.47 bits per heavy atom. The Labute approximate surface area is 172 Å². The van der Waals surface area contributed by atoms with Gasteiger partial charge in [0.05, 0.1) is 5.69 Å². The van der Waals surface area contributed by atoms with Crippen LogP contribution in [0.25, 0.3) is 0 Å². The van der Waals surface area contributed by atoms with Crippen molar-refractivity contribution in [3.8, 4) is 0 Å². The van der Waals surface area contributed by atoms with Crippen LogP contribution < -0.4 is 10.6 Å². The van der Waals surface area contributed by atoms with Gasteiger partial charge in [0, 0.05) is 37.0 Å². The SMILES string of the molecule is CCn1cc(NC(=O)c2ccn(Cn3cccn3)n2)c(C(=O)Nc2ccccc2)n1. The Morgan fingerprint density at radius 2 is 1.73 bits per heavy atom. The van der Waals surface area contributed by atoms with Crippen LogP contribution in [0, 0.1) is 0 Å². The monoisotopic (exact) mass is 404 g/mol. The van der Waals surface area contributed by atoms with Gasteiger partial charge in [-0.1, -0.05) is 18.2 Å². The zero-order valence-corrected chi connectivity index (χ0v) is 16.3. The first-order valence-electron chi connectivity index (χ1n) is 9.38. The lowest BCUT2D eigenvalue weighted by Crippen LogP contribution is -2.19. The maximum atomic E-state index is 12.7. The predicted molar refractivity (Wildman–Crippen MR) is 110 cm³/mol. The summed E-state index contributed by atoms with van der Waals surface area (Å²) in [7, 11) is 0. The van der Waals surface area contributed by atoms with Crippen molar-refractivity contribution in [3.63, 3.8) is 0 Å². The number of hydrogen-bond acceptors (Lipinski definition) is 5. The normalized spacial score (nSPS) is 10.7. The van der Waals surface area contributed by atoms with Crippen LogP contribution >= 0.6 is 0 Å². The minimum Gasteiger partial charge on any atom is -0.321 e. The molecule has 3 heterocycles. The third-order valence-corrected chi connectivity index (χ3v) is 4.30. The molecule has 1 aromatic carbocycles. The van der Waals surface area contributed by atoms with E-state index in [1.807, 2.05) is 31.2 Å². The Bertz CT molecular complexity index is 1140. The number of aromatic nitrogens is 6. The fourth-order valence-corrected chi connectivity index (χ4v) is 2.83. The summed E-state index contributed by atoms with van der Waals surface area (Å²) < 4.78 is 4.87. The smallest absolute Gasteiger partial charge is 0.278 e. The number of hydrogen-bond donors (Lipinski definition) is 2. The van der Waals surface area contributed by atoms with Crippen LogP contribution in [-0.4, -0.2) is 41.2 Å². The molecule has 0 spiro atoms. The van der Waals surface area contributed by atoms with E-state index in [9.17, 15) is 9.59 Å². The number of nitrogens with zero attached hydrogens (tertiary/aromatic N) is 6. The zero-order chi connectivity index (χ0) is 20.9. The molecule has 0 radical (unpaired) electrons. The molecule has 10 heteroatoms. The van der Waals surface area contributed by atoms with Crippen molar-refractivity contribution in [1.82, 2.24) is 29.3 Å². The summed E-state index contributed by atoms with van der Waals surface area (Å²) >= 11 is 0.